The SMILES string of the molecule is O=C([O-])c1csc(Cc2cc(C(F)(F)F)ccc2OCc2ccc(F)cc2F)n1. The van der Waals surface area contributed by atoms with Crippen LogP contribution in [0.25, 0.3) is 0 Å². The van der Waals surface area contributed by atoms with Gasteiger partial charge in [0, 0.05) is 29.0 Å². The van der Waals surface area contributed by atoms with Gasteiger partial charge < -0.3 is 14.6 Å². The second kappa shape index (κ2) is 8.16. The zero-order valence-electron chi connectivity index (χ0n) is 14.4. The lowest BCUT2D eigenvalue weighted by Gasteiger charge is -2.14. The summed E-state index contributed by atoms with van der Waals surface area (Å²) in [5.74, 6) is -3.09. The predicted molar refractivity (Wildman–Crippen MR) is 91.4 cm³/mol. The van der Waals surface area contributed by atoms with Crippen molar-refractivity contribution >= 4 is 17.3 Å². The number of aromatic carboxylic acids is 1. The average Bonchev–Trinajstić information content (AvgIpc) is 3.10. The Morgan fingerprint density at radius 1 is 1.10 bits per heavy atom. The van der Waals surface area contributed by atoms with Crippen molar-refractivity contribution in [3.05, 3.63) is 80.8 Å². The number of hydrogen-bond acceptors (Lipinski definition) is 5. The summed E-state index contributed by atoms with van der Waals surface area (Å²) >= 11 is 0.943. The summed E-state index contributed by atoms with van der Waals surface area (Å²) in [6.07, 6.45) is -4.74. The minimum absolute atomic E-state index is 0.0192. The minimum Gasteiger partial charge on any atom is -0.543 e. The van der Waals surface area contributed by atoms with Gasteiger partial charge in [-0.3, -0.25) is 0 Å². The highest BCUT2D eigenvalue weighted by molar-refractivity contribution is 7.09. The van der Waals surface area contributed by atoms with E-state index in [1.54, 1.807) is 0 Å². The van der Waals surface area contributed by atoms with Crippen molar-refractivity contribution in [2.75, 3.05) is 0 Å². The third kappa shape index (κ3) is 5.08. The number of halogens is 5. The third-order valence-corrected chi connectivity index (χ3v) is 4.74. The van der Waals surface area contributed by atoms with E-state index in [-0.39, 0.29) is 40.6 Å². The Kier molecular flexibility index (Phi) is 5.83. The van der Waals surface area contributed by atoms with Crippen LogP contribution in [-0.2, 0) is 19.2 Å². The van der Waals surface area contributed by atoms with Gasteiger partial charge in [-0.25, -0.2) is 13.8 Å². The second-order valence-electron chi connectivity index (χ2n) is 5.94. The summed E-state index contributed by atoms with van der Waals surface area (Å²) in [6.45, 7) is -0.341. The van der Waals surface area contributed by atoms with E-state index >= 15 is 0 Å². The molecule has 0 spiro atoms. The molecule has 0 bridgehead atoms. The number of thiazole rings is 1. The van der Waals surface area contributed by atoms with Crippen molar-refractivity contribution < 1.29 is 36.6 Å². The maximum Gasteiger partial charge on any atom is 0.416 e. The quantitative estimate of drug-likeness (QED) is 0.558. The highest BCUT2D eigenvalue weighted by atomic mass is 32.1. The molecular weight excluding hydrogens is 417 g/mol. The summed E-state index contributed by atoms with van der Waals surface area (Å²) in [4.78, 5) is 14.6. The first-order valence-electron chi connectivity index (χ1n) is 8.06. The van der Waals surface area contributed by atoms with Crippen LogP contribution in [0.15, 0.2) is 41.8 Å². The number of rotatable bonds is 6. The maximum atomic E-state index is 13.8. The average molecular weight is 428 g/mol. The smallest absolute Gasteiger partial charge is 0.416 e. The molecule has 0 saturated carbocycles. The Hall–Kier alpha value is -3.01. The molecular formula is C19H11F5NO3S-. The van der Waals surface area contributed by atoms with Gasteiger partial charge in [-0.15, -0.1) is 11.3 Å². The van der Waals surface area contributed by atoms with E-state index in [4.69, 9.17) is 4.74 Å². The van der Waals surface area contributed by atoms with Gasteiger partial charge in [-0.2, -0.15) is 13.2 Å². The van der Waals surface area contributed by atoms with Crippen molar-refractivity contribution in [2.45, 2.75) is 19.2 Å². The zero-order chi connectivity index (χ0) is 21.2. The Bertz CT molecular complexity index is 1050. The van der Waals surface area contributed by atoms with Gasteiger partial charge >= 0.3 is 6.18 Å². The molecule has 2 aromatic carbocycles. The molecule has 10 heteroatoms. The van der Waals surface area contributed by atoms with E-state index < -0.39 is 29.3 Å². The zero-order valence-corrected chi connectivity index (χ0v) is 15.2. The van der Waals surface area contributed by atoms with E-state index in [0.717, 1.165) is 35.6 Å². The molecule has 4 nitrogen and oxygen atoms in total. The summed E-state index contributed by atoms with van der Waals surface area (Å²) in [6, 6.07) is 5.63. The highest BCUT2D eigenvalue weighted by Gasteiger charge is 2.31. The lowest BCUT2D eigenvalue weighted by Crippen LogP contribution is -2.22. The van der Waals surface area contributed by atoms with Crippen LogP contribution in [0.2, 0.25) is 0 Å². The van der Waals surface area contributed by atoms with E-state index in [1.165, 1.54) is 11.4 Å². The fourth-order valence-corrected chi connectivity index (χ4v) is 3.26. The van der Waals surface area contributed by atoms with Gasteiger partial charge in [0.15, 0.2) is 0 Å². The summed E-state index contributed by atoms with van der Waals surface area (Å²) in [7, 11) is 0. The standard InChI is InChI=1S/C19H12F5NO3S/c20-13-3-1-10(14(21)7-13)8-28-16-4-2-12(19(22,23)24)5-11(16)6-17-25-15(9-29-17)18(26)27/h1-5,7,9H,6,8H2,(H,26,27)/p-1. The normalized spacial score (nSPS) is 11.5. The Labute approximate surface area is 165 Å². The van der Waals surface area contributed by atoms with Gasteiger partial charge in [-0.1, -0.05) is 0 Å². The summed E-state index contributed by atoms with van der Waals surface area (Å²) in [5.41, 5.74) is -1.15. The van der Waals surface area contributed by atoms with E-state index in [1.807, 2.05) is 0 Å². The molecule has 0 saturated heterocycles. The number of nitrogens with zero attached hydrogens (tertiary/aromatic N) is 1. The largest absolute Gasteiger partial charge is 0.543 e. The Morgan fingerprint density at radius 3 is 2.48 bits per heavy atom. The molecule has 29 heavy (non-hydrogen) atoms. The molecule has 3 aromatic rings. The molecule has 0 aliphatic heterocycles. The fourth-order valence-electron chi connectivity index (χ4n) is 2.48. The number of carbonyl (C=O) groups is 1. The molecule has 0 aliphatic carbocycles. The van der Waals surface area contributed by atoms with Crippen molar-refractivity contribution in [2.24, 2.45) is 0 Å². The molecule has 0 amide bonds. The molecule has 0 unspecified atom stereocenters. The number of aromatic nitrogens is 1. The van der Waals surface area contributed by atoms with Crippen LogP contribution >= 0.6 is 11.3 Å². The maximum absolute atomic E-state index is 13.8. The van der Waals surface area contributed by atoms with Crippen LogP contribution in [0, 0.1) is 11.6 Å². The molecule has 1 heterocycles. The van der Waals surface area contributed by atoms with Crippen LogP contribution in [-0.4, -0.2) is 11.0 Å². The lowest BCUT2D eigenvalue weighted by molar-refractivity contribution is -0.255. The molecule has 0 fully saturated rings. The topological polar surface area (TPSA) is 62.2 Å². The molecule has 0 N–H and O–H groups in total. The number of alkyl halides is 3. The molecule has 1 aromatic heterocycles. The van der Waals surface area contributed by atoms with Gasteiger partial charge in [0.25, 0.3) is 0 Å². The Morgan fingerprint density at radius 2 is 1.86 bits per heavy atom. The number of carboxylic acids is 1. The molecule has 0 aliphatic rings. The minimum atomic E-state index is -4.60. The number of benzene rings is 2. The van der Waals surface area contributed by atoms with Crippen molar-refractivity contribution in [1.82, 2.24) is 4.98 Å². The first-order valence-corrected chi connectivity index (χ1v) is 8.94. The molecule has 3 rings (SSSR count). The first kappa shape index (κ1) is 20.7. The van der Waals surface area contributed by atoms with Gasteiger partial charge in [-0.05, 0) is 30.3 Å². The van der Waals surface area contributed by atoms with Gasteiger partial charge in [0.2, 0.25) is 0 Å². The third-order valence-electron chi connectivity index (χ3n) is 3.89. The molecule has 152 valence electrons. The number of carbonyl (C=O) groups excluding carboxylic acids is 1. The molecule has 0 atom stereocenters. The summed E-state index contributed by atoms with van der Waals surface area (Å²) < 4.78 is 71.4. The summed E-state index contributed by atoms with van der Waals surface area (Å²) in [5, 5.41) is 12.3. The van der Waals surface area contributed by atoms with Crippen LogP contribution in [0.5, 0.6) is 5.75 Å². The number of hydrogen-bond donors (Lipinski definition) is 0. The van der Waals surface area contributed by atoms with E-state index in [0.29, 0.717) is 6.07 Å². The number of carboxylic acid groups (broad SMARTS) is 1. The first-order chi connectivity index (χ1) is 13.6. The highest BCUT2D eigenvalue weighted by Crippen LogP contribution is 2.34. The van der Waals surface area contributed by atoms with Crippen LogP contribution in [0.4, 0.5) is 22.0 Å². The van der Waals surface area contributed by atoms with E-state index in [2.05, 4.69) is 4.98 Å². The van der Waals surface area contributed by atoms with Gasteiger partial charge in [0.1, 0.15) is 24.0 Å². The van der Waals surface area contributed by atoms with Crippen molar-refractivity contribution in [3.63, 3.8) is 0 Å². The monoisotopic (exact) mass is 428 g/mol. The molecule has 0 radical (unpaired) electrons. The van der Waals surface area contributed by atoms with Gasteiger partial charge in [0.05, 0.1) is 22.2 Å². The fraction of sp³-hybridized carbons (Fsp3) is 0.158. The second-order valence-corrected chi connectivity index (χ2v) is 6.88. The van der Waals surface area contributed by atoms with E-state index in [9.17, 15) is 31.9 Å². The van der Waals surface area contributed by atoms with Crippen LogP contribution in [0.1, 0.15) is 32.2 Å². The van der Waals surface area contributed by atoms with Crippen molar-refractivity contribution in [3.8, 4) is 5.75 Å². The lowest BCUT2D eigenvalue weighted by atomic mass is 10.1. The van der Waals surface area contributed by atoms with Crippen LogP contribution in [0.3, 0.4) is 0 Å². The predicted octanol–water partition coefficient (Wildman–Crippen LogP) is 3.97. The Balaban J connectivity index is 1.89. The van der Waals surface area contributed by atoms with Crippen LogP contribution < -0.4 is 9.84 Å². The number of ether oxygens (including phenoxy) is 1. The van der Waals surface area contributed by atoms with Crippen molar-refractivity contribution in [1.29, 1.82) is 0 Å².